The van der Waals surface area contributed by atoms with Crippen LogP contribution in [0.15, 0.2) is 186 Å². The van der Waals surface area contributed by atoms with Crippen molar-refractivity contribution < 1.29 is 4.42 Å². The fourth-order valence-corrected chi connectivity index (χ4v) is 10.0. The SMILES string of the molecule is CC1(C)c2cc(-c3ccc4cc(-c5c6ccccc6c(-c6ccccc6)c6ccccc56)ccc4c3)ccc2-c2ccc3oc4c5ccccc5ccc4c3c21. The van der Waals surface area contributed by atoms with Crippen LogP contribution in [0, 0.1) is 0 Å². The summed E-state index contributed by atoms with van der Waals surface area (Å²) in [7, 11) is 0. The average molecular weight is 713 g/mol. The third-order valence-corrected chi connectivity index (χ3v) is 12.6. The van der Waals surface area contributed by atoms with Crippen molar-refractivity contribution in [2.75, 3.05) is 0 Å². The van der Waals surface area contributed by atoms with Crippen LogP contribution in [0.25, 0.3) is 110 Å². The van der Waals surface area contributed by atoms with Crippen LogP contribution >= 0.6 is 0 Å². The van der Waals surface area contributed by atoms with E-state index in [0.29, 0.717) is 0 Å². The molecule has 0 aliphatic heterocycles. The summed E-state index contributed by atoms with van der Waals surface area (Å²) in [5, 5.41) is 12.4. The number of rotatable bonds is 3. The highest BCUT2D eigenvalue weighted by atomic mass is 16.3. The van der Waals surface area contributed by atoms with E-state index in [2.05, 4.69) is 196 Å². The summed E-state index contributed by atoms with van der Waals surface area (Å²) in [5.41, 5.74) is 14.6. The minimum Gasteiger partial charge on any atom is -0.455 e. The summed E-state index contributed by atoms with van der Waals surface area (Å²) in [6.07, 6.45) is 0. The van der Waals surface area contributed by atoms with Crippen LogP contribution in [0.1, 0.15) is 25.0 Å². The van der Waals surface area contributed by atoms with Crippen molar-refractivity contribution in [3.05, 3.63) is 193 Å². The second kappa shape index (κ2) is 11.5. The molecule has 1 heteroatoms. The predicted octanol–water partition coefficient (Wildman–Crippen LogP) is 15.5. The molecule has 0 N–H and O–H groups in total. The Labute approximate surface area is 325 Å². The first-order valence-electron chi connectivity index (χ1n) is 19.6. The Hall–Kier alpha value is -6.96. The molecule has 1 aromatic heterocycles. The normalized spacial score (nSPS) is 13.3. The molecule has 1 aliphatic rings. The molecule has 56 heavy (non-hydrogen) atoms. The predicted molar refractivity (Wildman–Crippen MR) is 238 cm³/mol. The number of hydrogen-bond acceptors (Lipinski definition) is 1. The summed E-state index contributed by atoms with van der Waals surface area (Å²) in [6.45, 7) is 4.75. The summed E-state index contributed by atoms with van der Waals surface area (Å²) in [5.74, 6) is 0. The standard InChI is InChI=1S/C55H36O/c1-55(2)48-32-38(25-26-41(48)46-28-29-49-52(53(46)55)47-27-24-33-12-6-7-15-40(33)54(47)56-49)36-20-21-37-31-39(23-22-35(37)30-36)51-44-18-10-8-16-42(44)50(34-13-4-3-5-14-34)43-17-9-11-19-45(43)51/h3-32H,1-2H3. The lowest BCUT2D eigenvalue weighted by molar-refractivity contribution is 0.658. The smallest absolute Gasteiger partial charge is 0.143 e. The molecule has 1 nitrogen and oxygen atoms in total. The number of furan rings is 1. The highest BCUT2D eigenvalue weighted by Gasteiger charge is 2.38. The highest BCUT2D eigenvalue weighted by Crippen LogP contribution is 2.54. The summed E-state index contributed by atoms with van der Waals surface area (Å²) >= 11 is 0. The van der Waals surface area contributed by atoms with Crippen molar-refractivity contribution in [2.24, 2.45) is 0 Å². The first-order valence-corrected chi connectivity index (χ1v) is 19.6. The van der Waals surface area contributed by atoms with Crippen LogP contribution in [-0.4, -0.2) is 0 Å². The number of hydrogen-bond donors (Lipinski definition) is 0. The van der Waals surface area contributed by atoms with E-state index in [4.69, 9.17) is 4.42 Å². The molecule has 0 saturated carbocycles. The Bertz CT molecular complexity index is 3380. The van der Waals surface area contributed by atoms with Gasteiger partial charge in [0.15, 0.2) is 0 Å². The monoisotopic (exact) mass is 712 g/mol. The van der Waals surface area contributed by atoms with Gasteiger partial charge in [-0.1, -0.05) is 166 Å². The molecule has 0 bridgehead atoms. The van der Waals surface area contributed by atoms with Crippen molar-refractivity contribution in [1.82, 2.24) is 0 Å². The minimum atomic E-state index is -0.198. The van der Waals surface area contributed by atoms with Crippen LogP contribution in [0.2, 0.25) is 0 Å². The highest BCUT2D eigenvalue weighted by molar-refractivity contribution is 6.22. The zero-order valence-electron chi connectivity index (χ0n) is 31.2. The third kappa shape index (κ3) is 4.37. The fraction of sp³-hybridized carbons (Fsp3) is 0.0545. The van der Waals surface area contributed by atoms with Gasteiger partial charge in [0.1, 0.15) is 11.2 Å². The Morgan fingerprint density at radius 1 is 0.375 bits per heavy atom. The Balaban J connectivity index is 0.966. The maximum Gasteiger partial charge on any atom is 0.143 e. The van der Waals surface area contributed by atoms with Crippen molar-refractivity contribution in [3.8, 4) is 44.5 Å². The summed E-state index contributed by atoms with van der Waals surface area (Å²) in [6, 6.07) is 67.1. The first-order chi connectivity index (χ1) is 27.5. The van der Waals surface area contributed by atoms with Gasteiger partial charge in [-0.2, -0.15) is 0 Å². The van der Waals surface area contributed by atoms with E-state index < -0.39 is 0 Å². The zero-order valence-corrected chi connectivity index (χ0v) is 31.2. The quantitative estimate of drug-likeness (QED) is 0.166. The second-order valence-corrected chi connectivity index (χ2v) is 16.0. The van der Waals surface area contributed by atoms with E-state index in [-0.39, 0.29) is 5.41 Å². The molecule has 0 amide bonds. The minimum absolute atomic E-state index is 0.198. The van der Waals surface area contributed by atoms with Crippen molar-refractivity contribution >= 4 is 65.0 Å². The summed E-state index contributed by atoms with van der Waals surface area (Å²) in [4.78, 5) is 0. The maximum absolute atomic E-state index is 6.62. The van der Waals surface area contributed by atoms with Crippen LogP contribution in [0.4, 0.5) is 0 Å². The van der Waals surface area contributed by atoms with Crippen molar-refractivity contribution in [3.63, 3.8) is 0 Å². The lowest BCUT2D eigenvalue weighted by Gasteiger charge is -2.23. The molecule has 0 unspecified atom stereocenters. The molecule has 0 radical (unpaired) electrons. The van der Waals surface area contributed by atoms with E-state index in [1.54, 1.807) is 0 Å². The molecular weight excluding hydrogens is 677 g/mol. The van der Waals surface area contributed by atoms with E-state index >= 15 is 0 Å². The lowest BCUT2D eigenvalue weighted by Crippen LogP contribution is -2.15. The Morgan fingerprint density at radius 2 is 0.911 bits per heavy atom. The van der Waals surface area contributed by atoms with Gasteiger partial charge in [-0.3, -0.25) is 0 Å². The first kappa shape index (κ1) is 31.4. The molecule has 11 aromatic rings. The molecular formula is C55H36O. The van der Waals surface area contributed by atoms with Gasteiger partial charge in [-0.15, -0.1) is 0 Å². The van der Waals surface area contributed by atoms with Gasteiger partial charge in [0, 0.05) is 21.6 Å². The molecule has 0 atom stereocenters. The van der Waals surface area contributed by atoms with Gasteiger partial charge < -0.3 is 4.42 Å². The fourth-order valence-electron chi connectivity index (χ4n) is 10.0. The van der Waals surface area contributed by atoms with Gasteiger partial charge in [0.2, 0.25) is 0 Å². The molecule has 12 rings (SSSR count). The Morgan fingerprint density at radius 3 is 1.62 bits per heavy atom. The molecule has 0 spiro atoms. The molecule has 262 valence electrons. The molecule has 10 aromatic carbocycles. The van der Waals surface area contributed by atoms with Crippen LogP contribution in [-0.2, 0) is 5.41 Å². The van der Waals surface area contributed by atoms with Gasteiger partial charge >= 0.3 is 0 Å². The second-order valence-electron chi connectivity index (χ2n) is 16.0. The van der Waals surface area contributed by atoms with Gasteiger partial charge in [0.05, 0.1) is 0 Å². The molecule has 0 fully saturated rings. The van der Waals surface area contributed by atoms with Crippen molar-refractivity contribution in [1.29, 1.82) is 0 Å². The van der Waals surface area contributed by atoms with Gasteiger partial charge in [0.25, 0.3) is 0 Å². The van der Waals surface area contributed by atoms with E-state index in [0.717, 1.165) is 16.6 Å². The van der Waals surface area contributed by atoms with Crippen molar-refractivity contribution in [2.45, 2.75) is 19.3 Å². The molecule has 1 aliphatic carbocycles. The maximum atomic E-state index is 6.62. The topological polar surface area (TPSA) is 13.1 Å². The van der Waals surface area contributed by atoms with Gasteiger partial charge in [-0.25, -0.2) is 0 Å². The van der Waals surface area contributed by atoms with Gasteiger partial charge in [-0.05, 0) is 124 Å². The average Bonchev–Trinajstić information content (AvgIpc) is 3.74. The van der Waals surface area contributed by atoms with E-state index in [1.165, 1.54) is 104 Å². The zero-order chi connectivity index (χ0) is 37.1. The van der Waals surface area contributed by atoms with Crippen LogP contribution in [0.3, 0.4) is 0 Å². The summed E-state index contributed by atoms with van der Waals surface area (Å²) < 4.78 is 6.62. The van der Waals surface area contributed by atoms with E-state index in [1.807, 2.05) is 0 Å². The Kier molecular flexibility index (Phi) is 6.46. The largest absolute Gasteiger partial charge is 0.455 e. The number of benzene rings is 10. The molecule has 0 saturated heterocycles. The van der Waals surface area contributed by atoms with Crippen LogP contribution < -0.4 is 0 Å². The third-order valence-electron chi connectivity index (χ3n) is 12.6. The van der Waals surface area contributed by atoms with Crippen LogP contribution in [0.5, 0.6) is 0 Å². The molecule has 1 heterocycles. The lowest BCUT2D eigenvalue weighted by atomic mass is 9.79. The number of fused-ring (bicyclic) bond motifs is 12. The van der Waals surface area contributed by atoms with E-state index in [9.17, 15) is 0 Å².